The van der Waals surface area contributed by atoms with Crippen molar-refractivity contribution >= 4 is 15.5 Å². The smallest absolute Gasteiger partial charge is 0.178 e. The molecule has 1 atom stereocenters. The predicted molar refractivity (Wildman–Crippen MR) is 67.7 cm³/mol. The third kappa shape index (κ3) is 3.99. The molecule has 1 rings (SSSR count). The lowest BCUT2D eigenvalue weighted by Gasteiger charge is -2.11. The zero-order chi connectivity index (χ0) is 12.9. The lowest BCUT2D eigenvalue weighted by molar-refractivity contribution is 0.270. The fourth-order valence-corrected chi connectivity index (χ4v) is 2.14. The number of hydrogen-bond donors (Lipinski definition) is 3. The second-order valence-corrected chi connectivity index (χ2v) is 6.03. The van der Waals surface area contributed by atoms with E-state index in [0.29, 0.717) is 11.4 Å². The lowest BCUT2D eigenvalue weighted by atomic mass is 10.3. The van der Waals surface area contributed by atoms with Crippen LogP contribution in [-0.2, 0) is 9.84 Å². The van der Waals surface area contributed by atoms with Gasteiger partial charge >= 0.3 is 0 Å². The molecule has 0 aliphatic heterocycles. The quantitative estimate of drug-likeness (QED) is 0.678. The van der Waals surface area contributed by atoms with E-state index in [0.717, 1.165) is 5.69 Å². The highest BCUT2D eigenvalue weighted by atomic mass is 32.2. The van der Waals surface area contributed by atoms with Gasteiger partial charge in [-0.1, -0.05) is 6.92 Å². The highest BCUT2D eigenvalue weighted by Gasteiger charge is 2.10. The highest BCUT2D eigenvalue weighted by Crippen LogP contribution is 2.15. The molecule has 0 aliphatic carbocycles. The van der Waals surface area contributed by atoms with Gasteiger partial charge in [-0.3, -0.25) is 0 Å². The van der Waals surface area contributed by atoms with Crippen molar-refractivity contribution in [1.82, 2.24) is 0 Å². The van der Waals surface area contributed by atoms with Crippen LogP contribution in [0.15, 0.2) is 29.2 Å². The number of nitrogens with one attached hydrogen (secondary N) is 1. The number of sulfone groups is 1. The topological polar surface area (TPSA) is 92.4 Å². The van der Waals surface area contributed by atoms with Gasteiger partial charge in [0.1, 0.15) is 0 Å². The third-order valence-corrected chi connectivity index (χ3v) is 4.15. The Kier molecular flexibility index (Phi) is 4.92. The van der Waals surface area contributed by atoms with E-state index >= 15 is 0 Å². The average molecular weight is 258 g/mol. The van der Waals surface area contributed by atoms with Gasteiger partial charge in [0.2, 0.25) is 0 Å². The van der Waals surface area contributed by atoms with E-state index in [9.17, 15) is 8.42 Å². The monoisotopic (exact) mass is 258 g/mol. The SMILES string of the molecule is CCS(=O)(=O)c1ccc(NCC(N)CO)cc1. The van der Waals surface area contributed by atoms with E-state index in [1.165, 1.54) is 0 Å². The molecule has 0 radical (unpaired) electrons. The molecule has 5 nitrogen and oxygen atoms in total. The van der Waals surface area contributed by atoms with Crippen LogP contribution in [0.5, 0.6) is 0 Å². The zero-order valence-electron chi connectivity index (χ0n) is 9.76. The van der Waals surface area contributed by atoms with Crippen LogP contribution in [0.2, 0.25) is 0 Å². The van der Waals surface area contributed by atoms with Crippen molar-refractivity contribution in [1.29, 1.82) is 0 Å². The van der Waals surface area contributed by atoms with Crippen molar-refractivity contribution < 1.29 is 13.5 Å². The van der Waals surface area contributed by atoms with E-state index in [-0.39, 0.29) is 18.4 Å². The molecule has 1 aromatic carbocycles. The van der Waals surface area contributed by atoms with Gasteiger partial charge in [-0.2, -0.15) is 0 Å². The molecule has 0 saturated heterocycles. The first-order valence-electron chi connectivity index (χ1n) is 5.42. The number of nitrogens with two attached hydrogens (primary N) is 1. The molecule has 0 fully saturated rings. The summed E-state index contributed by atoms with van der Waals surface area (Å²) in [5, 5.41) is 11.8. The molecule has 0 heterocycles. The Labute approximate surface area is 102 Å². The van der Waals surface area contributed by atoms with Crippen LogP contribution in [-0.4, -0.2) is 38.5 Å². The minimum atomic E-state index is -3.14. The molecule has 0 saturated carbocycles. The number of aliphatic hydroxyl groups excluding tert-OH is 1. The minimum Gasteiger partial charge on any atom is -0.395 e. The van der Waals surface area contributed by atoms with Gasteiger partial charge in [-0.15, -0.1) is 0 Å². The van der Waals surface area contributed by atoms with E-state index in [2.05, 4.69) is 5.32 Å². The molecule has 96 valence electrons. The molecule has 6 heteroatoms. The van der Waals surface area contributed by atoms with Gasteiger partial charge in [0.05, 0.1) is 17.3 Å². The van der Waals surface area contributed by atoms with Gasteiger partial charge in [0, 0.05) is 18.3 Å². The first-order valence-corrected chi connectivity index (χ1v) is 7.08. The maximum atomic E-state index is 11.6. The van der Waals surface area contributed by atoms with Crippen LogP contribution in [0, 0.1) is 0 Å². The van der Waals surface area contributed by atoms with Crippen LogP contribution in [0.25, 0.3) is 0 Å². The van der Waals surface area contributed by atoms with Crippen molar-refractivity contribution in [2.75, 3.05) is 24.2 Å². The fraction of sp³-hybridized carbons (Fsp3) is 0.455. The molecule has 17 heavy (non-hydrogen) atoms. The summed E-state index contributed by atoms with van der Waals surface area (Å²) in [6, 6.07) is 6.17. The molecule has 0 aliphatic rings. The molecule has 1 unspecified atom stereocenters. The maximum absolute atomic E-state index is 11.6. The lowest BCUT2D eigenvalue weighted by Crippen LogP contribution is -2.32. The van der Waals surface area contributed by atoms with E-state index < -0.39 is 9.84 Å². The summed E-state index contributed by atoms with van der Waals surface area (Å²) in [5.41, 5.74) is 6.31. The molecule has 4 N–H and O–H groups in total. The van der Waals surface area contributed by atoms with Crippen molar-refractivity contribution in [3.63, 3.8) is 0 Å². The maximum Gasteiger partial charge on any atom is 0.178 e. The highest BCUT2D eigenvalue weighted by molar-refractivity contribution is 7.91. The minimum absolute atomic E-state index is 0.0880. The summed E-state index contributed by atoms with van der Waals surface area (Å²) in [6.45, 7) is 1.97. The Bertz CT molecular complexity index is 442. The Morgan fingerprint density at radius 1 is 1.35 bits per heavy atom. The molecule has 0 amide bonds. The van der Waals surface area contributed by atoms with E-state index in [1.54, 1.807) is 31.2 Å². The van der Waals surface area contributed by atoms with Gasteiger partial charge in [-0.25, -0.2) is 8.42 Å². The molecule has 1 aromatic rings. The Morgan fingerprint density at radius 2 is 1.94 bits per heavy atom. The van der Waals surface area contributed by atoms with Crippen molar-refractivity contribution in [2.45, 2.75) is 17.9 Å². The second kappa shape index (κ2) is 6.00. The molecule has 0 aromatic heterocycles. The summed E-state index contributed by atoms with van der Waals surface area (Å²) >= 11 is 0. The Morgan fingerprint density at radius 3 is 2.41 bits per heavy atom. The largest absolute Gasteiger partial charge is 0.395 e. The van der Waals surface area contributed by atoms with Crippen LogP contribution in [0.4, 0.5) is 5.69 Å². The van der Waals surface area contributed by atoms with Crippen LogP contribution in [0.1, 0.15) is 6.92 Å². The summed E-state index contributed by atoms with van der Waals surface area (Å²) < 4.78 is 23.1. The number of benzene rings is 1. The van der Waals surface area contributed by atoms with E-state index in [1.807, 2.05) is 0 Å². The number of anilines is 1. The molecule has 0 spiro atoms. The summed E-state index contributed by atoms with van der Waals surface area (Å²) in [4.78, 5) is 0.317. The summed E-state index contributed by atoms with van der Waals surface area (Å²) in [5.74, 6) is 0.0924. The van der Waals surface area contributed by atoms with Gasteiger partial charge < -0.3 is 16.2 Å². The fourth-order valence-electron chi connectivity index (χ4n) is 1.26. The standard InChI is InChI=1S/C11H18N2O3S/c1-2-17(15,16)11-5-3-10(4-6-11)13-7-9(12)8-14/h3-6,9,13-14H,2,7-8,12H2,1H3. The van der Waals surface area contributed by atoms with Crippen molar-refractivity contribution in [3.05, 3.63) is 24.3 Å². The van der Waals surface area contributed by atoms with Crippen LogP contribution >= 0.6 is 0 Å². The molecule has 0 bridgehead atoms. The molecular weight excluding hydrogens is 240 g/mol. The Balaban J connectivity index is 2.69. The first-order chi connectivity index (χ1) is 7.99. The van der Waals surface area contributed by atoms with E-state index in [4.69, 9.17) is 10.8 Å². The van der Waals surface area contributed by atoms with Gasteiger partial charge in [-0.05, 0) is 24.3 Å². The number of aliphatic hydroxyl groups is 1. The normalized spacial score (nSPS) is 13.4. The second-order valence-electron chi connectivity index (χ2n) is 3.75. The predicted octanol–water partition coefficient (Wildman–Crippen LogP) is 0.212. The van der Waals surface area contributed by atoms with Crippen LogP contribution in [0.3, 0.4) is 0 Å². The summed E-state index contributed by atoms with van der Waals surface area (Å²) in [6.07, 6.45) is 0. The van der Waals surface area contributed by atoms with Crippen molar-refractivity contribution in [2.24, 2.45) is 5.73 Å². The third-order valence-electron chi connectivity index (χ3n) is 2.40. The average Bonchev–Trinajstić information content (AvgIpc) is 2.36. The van der Waals surface area contributed by atoms with Gasteiger partial charge in [0.15, 0.2) is 9.84 Å². The zero-order valence-corrected chi connectivity index (χ0v) is 10.6. The number of rotatable bonds is 6. The van der Waals surface area contributed by atoms with Crippen molar-refractivity contribution in [3.8, 4) is 0 Å². The van der Waals surface area contributed by atoms with Crippen LogP contribution < -0.4 is 11.1 Å². The molecular formula is C11H18N2O3S. The number of hydrogen-bond acceptors (Lipinski definition) is 5. The Hall–Kier alpha value is -1.11. The first kappa shape index (κ1) is 14.0. The summed E-state index contributed by atoms with van der Waals surface area (Å²) in [7, 11) is -3.14. The van der Waals surface area contributed by atoms with Gasteiger partial charge in [0.25, 0.3) is 0 Å².